The molecule has 6 nitrogen and oxygen atoms in total. The van der Waals surface area contributed by atoms with Crippen LogP contribution in [0.4, 0.5) is 0 Å². The van der Waals surface area contributed by atoms with Crippen LogP contribution in [-0.2, 0) is 0 Å². The molecule has 0 heterocycles. The Labute approximate surface area is 155 Å². The van der Waals surface area contributed by atoms with Gasteiger partial charge < -0.3 is 14.6 Å². The first kappa shape index (κ1) is 19.0. The molecule has 1 atom stereocenters. The minimum absolute atomic E-state index is 0. The first-order valence-electron chi connectivity index (χ1n) is 6.50. The molecule has 114 valence electrons. The van der Waals surface area contributed by atoms with E-state index in [2.05, 4.69) is 0 Å². The van der Waals surface area contributed by atoms with Crippen molar-refractivity contribution in [2.45, 2.75) is 6.10 Å². The number of nitro groups is 1. The zero-order chi connectivity index (χ0) is 15.9. The summed E-state index contributed by atoms with van der Waals surface area (Å²) in [4.78, 5) is 9.88. The summed E-state index contributed by atoms with van der Waals surface area (Å²) in [6.45, 7) is 0. The van der Waals surface area contributed by atoms with Crippen molar-refractivity contribution in [1.82, 2.24) is 0 Å². The molecule has 0 fully saturated rings. The summed E-state index contributed by atoms with van der Waals surface area (Å²) < 4.78 is 10.9. The minimum Gasteiger partial charge on any atom is -0.503 e. The van der Waals surface area contributed by atoms with Crippen LogP contribution in [0.3, 0.4) is 0 Å². The molecule has 0 saturated carbocycles. The summed E-state index contributed by atoms with van der Waals surface area (Å²) in [6.07, 6.45) is -0.476. The normalized spacial score (nSPS) is 12.0. The number of benzene rings is 2. The molecule has 0 bridgehead atoms. The molecule has 0 aliphatic heterocycles. The fourth-order valence-corrected chi connectivity index (χ4v) is 1.95. The largest absolute Gasteiger partial charge is 1.00 e. The van der Waals surface area contributed by atoms with Gasteiger partial charge in [-0.05, 0) is 12.1 Å². The SMILES string of the molecule is COc1ccccc1OC(C(O)=C[N+](=O)[O-])c1ccccc1.[Na+]. The van der Waals surface area contributed by atoms with Gasteiger partial charge in [0.15, 0.2) is 17.6 Å². The molecule has 1 N–H and O–H groups in total. The van der Waals surface area contributed by atoms with Crippen molar-refractivity contribution in [3.8, 4) is 11.5 Å². The van der Waals surface area contributed by atoms with Gasteiger partial charge in [-0.25, -0.2) is 0 Å². The second kappa shape index (κ2) is 9.19. The van der Waals surface area contributed by atoms with Crippen molar-refractivity contribution in [3.63, 3.8) is 0 Å². The third-order valence-electron chi connectivity index (χ3n) is 2.92. The fraction of sp³-hybridized carbons (Fsp3) is 0.125. The predicted octanol–water partition coefficient (Wildman–Crippen LogP) is 0.495. The van der Waals surface area contributed by atoms with Crippen LogP contribution < -0.4 is 39.0 Å². The monoisotopic (exact) mass is 324 g/mol. The van der Waals surface area contributed by atoms with Gasteiger partial charge in [-0.15, -0.1) is 0 Å². The van der Waals surface area contributed by atoms with E-state index in [0.29, 0.717) is 23.3 Å². The topological polar surface area (TPSA) is 81.8 Å². The molecule has 2 aromatic rings. The molecule has 0 saturated heterocycles. The van der Waals surface area contributed by atoms with E-state index in [0.717, 1.165) is 0 Å². The van der Waals surface area contributed by atoms with Crippen LogP contribution in [0.5, 0.6) is 11.5 Å². The molecule has 0 aliphatic rings. The molecule has 0 radical (unpaired) electrons. The number of aliphatic hydroxyl groups is 1. The van der Waals surface area contributed by atoms with E-state index >= 15 is 0 Å². The van der Waals surface area contributed by atoms with Gasteiger partial charge in [0.2, 0.25) is 5.76 Å². The van der Waals surface area contributed by atoms with Crippen molar-refractivity contribution >= 4 is 0 Å². The number of hydrogen-bond donors (Lipinski definition) is 1. The average Bonchev–Trinajstić information content (AvgIpc) is 2.53. The van der Waals surface area contributed by atoms with Gasteiger partial charge >= 0.3 is 29.6 Å². The molecule has 0 spiro atoms. The summed E-state index contributed by atoms with van der Waals surface area (Å²) in [5, 5.41) is 20.6. The number of ether oxygens (including phenoxy) is 2. The summed E-state index contributed by atoms with van der Waals surface area (Å²) in [5.41, 5.74) is 0.587. The number of hydrogen-bond acceptors (Lipinski definition) is 5. The second-order valence-electron chi connectivity index (χ2n) is 4.40. The van der Waals surface area contributed by atoms with E-state index < -0.39 is 16.8 Å². The van der Waals surface area contributed by atoms with Gasteiger partial charge in [-0.3, -0.25) is 10.1 Å². The van der Waals surface area contributed by atoms with Crippen molar-refractivity contribution in [3.05, 3.63) is 82.2 Å². The van der Waals surface area contributed by atoms with Gasteiger partial charge in [0.05, 0.1) is 12.0 Å². The van der Waals surface area contributed by atoms with Crippen LogP contribution in [-0.4, -0.2) is 17.1 Å². The Morgan fingerprint density at radius 1 is 1.13 bits per heavy atom. The van der Waals surface area contributed by atoms with Crippen LogP contribution >= 0.6 is 0 Å². The molecule has 23 heavy (non-hydrogen) atoms. The molecule has 0 aromatic heterocycles. The summed E-state index contributed by atoms with van der Waals surface area (Å²) in [5.74, 6) is 0.349. The third-order valence-corrected chi connectivity index (χ3v) is 2.92. The average molecular weight is 324 g/mol. The maximum atomic E-state index is 10.6. The number of para-hydroxylation sites is 2. The number of nitrogens with zero attached hydrogens (tertiary/aromatic N) is 1. The van der Waals surface area contributed by atoms with Gasteiger partial charge in [-0.2, -0.15) is 0 Å². The quantitative estimate of drug-likeness (QED) is 0.362. The maximum Gasteiger partial charge on any atom is 1.00 e. The molecule has 0 amide bonds. The van der Waals surface area contributed by atoms with Crippen molar-refractivity contribution in [2.24, 2.45) is 0 Å². The molecule has 7 heteroatoms. The standard InChI is InChI=1S/C16H15NO5.Na/c1-21-14-9-5-6-10-15(14)22-16(13(18)11-17(19)20)12-7-3-2-4-8-12;/h2-11,16,18H,1H3;/q;+1. The maximum absolute atomic E-state index is 10.6. The van der Waals surface area contributed by atoms with E-state index in [4.69, 9.17) is 9.47 Å². The molecule has 0 aliphatic carbocycles. The molecule has 2 aromatic carbocycles. The van der Waals surface area contributed by atoms with Crippen LogP contribution in [0.2, 0.25) is 0 Å². The molecule has 1 unspecified atom stereocenters. The Morgan fingerprint density at radius 3 is 2.26 bits per heavy atom. The Morgan fingerprint density at radius 2 is 1.70 bits per heavy atom. The third kappa shape index (κ3) is 5.28. The van der Waals surface area contributed by atoms with Gasteiger partial charge in [0.25, 0.3) is 6.20 Å². The van der Waals surface area contributed by atoms with Gasteiger partial charge in [0.1, 0.15) is 0 Å². The number of methoxy groups -OCH3 is 1. The van der Waals surface area contributed by atoms with Crippen LogP contribution in [0.15, 0.2) is 66.6 Å². The second-order valence-corrected chi connectivity index (χ2v) is 4.40. The Bertz CT molecular complexity index is 675. The van der Waals surface area contributed by atoms with Crippen LogP contribution in [0, 0.1) is 10.1 Å². The van der Waals surface area contributed by atoms with E-state index in [9.17, 15) is 15.2 Å². The first-order valence-corrected chi connectivity index (χ1v) is 6.50. The minimum atomic E-state index is -0.997. The number of aliphatic hydroxyl groups excluding tert-OH is 1. The summed E-state index contributed by atoms with van der Waals surface area (Å²) >= 11 is 0. The van der Waals surface area contributed by atoms with Crippen molar-refractivity contribution in [2.75, 3.05) is 7.11 Å². The van der Waals surface area contributed by atoms with Crippen molar-refractivity contribution < 1.29 is 49.1 Å². The van der Waals surface area contributed by atoms with E-state index in [1.807, 2.05) is 0 Å². The van der Waals surface area contributed by atoms with Crippen molar-refractivity contribution in [1.29, 1.82) is 0 Å². The summed E-state index contributed by atoms with van der Waals surface area (Å²) in [7, 11) is 1.49. The van der Waals surface area contributed by atoms with E-state index in [1.165, 1.54) is 7.11 Å². The predicted molar refractivity (Wildman–Crippen MR) is 80.5 cm³/mol. The zero-order valence-electron chi connectivity index (χ0n) is 12.9. The van der Waals surface area contributed by atoms with Crippen LogP contribution in [0.1, 0.15) is 11.7 Å². The van der Waals surface area contributed by atoms with E-state index in [1.54, 1.807) is 54.6 Å². The van der Waals surface area contributed by atoms with E-state index in [-0.39, 0.29) is 29.6 Å². The Balaban J connectivity index is 0.00000264. The molecular formula is C16H15NNaO5+. The summed E-state index contributed by atoms with van der Waals surface area (Å²) in [6, 6.07) is 15.6. The number of rotatable bonds is 6. The zero-order valence-corrected chi connectivity index (χ0v) is 14.9. The Kier molecular flexibility index (Phi) is 7.61. The molecular weight excluding hydrogens is 309 g/mol. The van der Waals surface area contributed by atoms with Crippen LogP contribution in [0.25, 0.3) is 0 Å². The van der Waals surface area contributed by atoms with Gasteiger partial charge in [0, 0.05) is 5.56 Å². The fourth-order valence-electron chi connectivity index (χ4n) is 1.95. The molecule has 2 rings (SSSR count). The Hall–Kier alpha value is -2.02. The first-order chi connectivity index (χ1) is 10.6. The van der Waals surface area contributed by atoms with Gasteiger partial charge in [-0.1, -0.05) is 42.5 Å². The smallest absolute Gasteiger partial charge is 0.503 e.